The van der Waals surface area contributed by atoms with Gasteiger partial charge in [0.2, 0.25) is 0 Å². The highest BCUT2D eigenvalue weighted by Crippen LogP contribution is 2.32. The van der Waals surface area contributed by atoms with Crippen molar-refractivity contribution in [3.63, 3.8) is 0 Å². The molecule has 0 bridgehead atoms. The van der Waals surface area contributed by atoms with Gasteiger partial charge >= 0.3 is 0 Å². The van der Waals surface area contributed by atoms with E-state index in [0.717, 1.165) is 11.3 Å². The molecule has 1 aromatic carbocycles. The van der Waals surface area contributed by atoms with Crippen molar-refractivity contribution in [1.82, 2.24) is 0 Å². The Labute approximate surface area is 118 Å². The molecule has 2 rings (SSSR count). The van der Waals surface area contributed by atoms with Crippen LogP contribution in [0.1, 0.15) is 35.9 Å². The van der Waals surface area contributed by atoms with Crippen molar-refractivity contribution in [2.24, 2.45) is 5.92 Å². The zero-order valence-electron chi connectivity index (χ0n) is 11.5. The van der Waals surface area contributed by atoms with Crippen LogP contribution in [-0.2, 0) is 0 Å². The summed E-state index contributed by atoms with van der Waals surface area (Å²) >= 11 is 1.75. The van der Waals surface area contributed by atoms with Gasteiger partial charge in [-0.05, 0) is 35.9 Å². The lowest BCUT2D eigenvalue weighted by Gasteiger charge is -2.24. The van der Waals surface area contributed by atoms with Gasteiger partial charge in [-0.3, -0.25) is 0 Å². The van der Waals surface area contributed by atoms with E-state index in [1.54, 1.807) is 11.3 Å². The van der Waals surface area contributed by atoms with E-state index in [2.05, 4.69) is 42.7 Å². The molecule has 0 spiro atoms. The Bertz CT molecular complexity index is 579. The van der Waals surface area contributed by atoms with Crippen LogP contribution in [0.5, 0.6) is 0 Å². The molecule has 2 nitrogen and oxygen atoms in total. The van der Waals surface area contributed by atoms with Crippen LogP contribution in [0.2, 0.25) is 0 Å². The smallest absolute Gasteiger partial charge is 0.101 e. The third-order valence-corrected chi connectivity index (χ3v) is 4.16. The minimum absolute atomic E-state index is 0.244. The molecule has 1 aromatic heterocycles. The molecule has 2 aromatic rings. The topological polar surface area (TPSA) is 35.8 Å². The van der Waals surface area contributed by atoms with E-state index in [0.29, 0.717) is 11.5 Å². The van der Waals surface area contributed by atoms with Crippen molar-refractivity contribution in [3.8, 4) is 6.07 Å². The van der Waals surface area contributed by atoms with Crippen molar-refractivity contribution in [2.75, 3.05) is 5.32 Å². The molecule has 1 heterocycles. The number of anilines is 1. The summed E-state index contributed by atoms with van der Waals surface area (Å²) in [7, 11) is 0. The quantitative estimate of drug-likeness (QED) is 0.871. The Morgan fingerprint density at radius 3 is 2.58 bits per heavy atom. The van der Waals surface area contributed by atoms with E-state index >= 15 is 0 Å². The van der Waals surface area contributed by atoms with Gasteiger partial charge in [0.15, 0.2) is 0 Å². The normalized spacial score (nSPS) is 12.2. The van der Waals surface area contributed by atoms with Crippen molar-refractivity contribution in [3.05, 3.63) is 51.7 Å². The second-order valence-electron chi connectivity index (χ2n) is 4.99. The van der Waals surface area contributed by atoms with Crippen LogP contribution in [-0.4, -0.2) is 0 Å². The van der Waals surface area contributed by atoms with E-state index in [9.17, 15) is 5.26 Å². The van der Waals surface area contributed by atoms with Crippen LogP contribution >= 0.6 is 11.3 Å². The fraction of sp³-hybridized carbons (Fsp3) is 0.312. The molecular weight excluding hydrogens is 252 g/mol. The molecule has 0 aliphatic heterocycles. The van der Waals surface area contributed by atoms with Crippen molar-refractivity contribution in [2.45, 2.75) is 26.8 Å². The maximum Gasteiger partial charge on any atom is 0.101 e. The van der Waals surface area contributed by atoms with Gasteiger partial charge in [0.1, 0.15) is 6.07 Å². The predicted octanol–water partition coefficient (Wildman–Crippen LogP) is 4.74. The van der Waals surface area contributed by atoms with Gasteiger partial charge in [-0.1, -0.05) is 32.0 Å². The molecule has 0 aliphatic rings. The Balaban J connectivity index is 2.36. The van der Waals surface area contributed by atoms with E-state index in [1.807, 2.05) is 25.1 Å². The predicted molar refractivity (Wildman–Crippen MR) is 81.4 cm³/mol. The SMILES string of the molecule is Cc1cccc(C#N)c1NC(c1cccs1)C(C)C. The fourth-order valence-corrected chi connectivity index (χ4v) is 3.09. The third kappa shape index (κ3) is 2.97. The number of benzene rings is 1. The first-order valence-electron chi connectivity index (χ1n) is 6.43. The first-order valence-corrected chi connectivity index (χ1v) is 7.31. The minimum atomic E-state index is 0.244. The highest BCUT2D eigenvalue weighted by molar-refractivity contribution is 7.10. The molecular formula is C16H18N2S. The van der Waals surface area contributed by atoms with Crippen LogP contribution < -0.4 is 5.32 Å². The summed E-state index contributed by atoms with van der Waals surface area (Å²) in [5.74, 6) is 0.463. The Morgan fingerprint density at radius 1 is 1.21 bits per heavy atom. The maximum absolute atomic E-state index is 9.24. The molecule has 0 fully saturated rings. The highest BCUT2D eigenvalue weighted by Gasteiger charge is 2.18. The maximum atomic E-state index is 9.24. The van der Waals surface area contributed by atoms with Crippen LogP contribution in [0.3, 0.4) is 0 Å². The molecule has 0 amide bonds. The van der Waals surface area contributed by atoms with E-state index in [4.69, 9.17) is 0 Å². The first-order chi connectivity index (χ1) is 9.13. The second-order valence-corrected chi connectivity index (χ2v) is 5.97. The monoisotopic (exact) mass is 270 g/mol. The number of nitrogens with zero attached hydrogens (tertiary/aromatic N) is 1. The molecule has 1 N–H and O–H groups in total. The molecule has 0 radical (unpaired) electrons. The molecule has 0 saturated heterocycles. The summed E-state index contributed by atoms with van der Waals surface area (Å²) in [6.07, 6.45) is 0. The van der Waals surface area contributed by atoms with E-state index in [1.165, 1.54) is 4.88 Å². The van der Waals surface area contributed by atoms with E-state index < -0.39 is 0 Å². The highest BCUT2D eigenvalue weighted by atomic mass is 32.1. The lowest BCUT2D eigenvalue weighted by atomic mass is 10.0. The van der Waals surface area contributed by atoms with Gasteiger partial charge in [-0.25, -0.2) is 0 Å². The largest absolute Gasteiger partial charge is 0.376 e. The number of para-hydroxylation sites is 1. The summed E-state index contributed by atoms with van der Waals surface area (Å²) in [5, 5.41) is 14.9. The number of thiophene rings is 1. The molecule has 98 valence electrons. The Hall–Kier alpha value is -1.79. The van der Waals surface area contributed by atoms with Crippen LogP contribution in [0.15, 0.2) is 35.7 Å². The van der Waals surface area contributed by atoms with Gasteiger partial charge in [0.25, 0.3) is 0 Å². The number of rotatable bonds is 4. The number of hydrogen-bond acceptors (Lipinski definition) is 3. The number of nitriles is 1. The average Bonchev–Trinajstić information content (AvgIpc) is 2.90. The zero-order valence-corrected chi connectivity index (χ0v) is 12.3. The van der Waals surface area contributed by atoms with Gasteiger partial charge in [-0.2, -0.15) is 5.26 Å². The molecule has 0 saturated carbocycles. The van der Waals surface area contributed by atoms with Gasteiger partial charge in [0.05, 0.1) is 17.3 Å². The molecule has 0 aliphatic carbocycles. The molecule has 1 unspecified atom stereocenters. The lowest BCUT2D eigenvalue weighted by Crippen LogP contribution is -2.17. The van der Waals surface area contributed by atoms with E-state index in [-0.39, 0.29) is 6.04 Å². The Kier molecular flexibility index (Phi) is 4.24. The summed E-state index contributed by atoms with van der Waals surface area (Å²) in [4.78, 5) is 1.31. The van der Waals surface area contributed by atoms with Crippen LogP contribution in [0.4, 0.5) is 5.69 Å². The van der Waals surface area contributed by atoms with Gasteiger partial charge in [-0.15, -0.1) is 11.3 Å². The molecule has 19 heavy (non-hydrogen) atoms. The number of hydrogen-bond donors (Lipinski definition) is 1. The minimum Gasteiger partial charge on any atom is -0.376 e. The van der Waals surface area contributed by atoms with Crippen molar-refractivity contribution >= 4 is 17.0 Å². The summed E-state index contributed by atoms with van der Waals surface area (Å²) in [6, 6.07) is 12.5. The van der Waals surface area contributed by atoms with Crippen molar-refractivity contribution < 1.29 is 0 Å². The third-order valence-electron chi connectivity index (χ3n) is 3.21. The first kappa shape index (κ1) is 13.6. The van der Waals surface area contributed by atoms with Gasteiger partial charge in [0, 0.05) is 4.88 Å². The molecule has 1 atom stereocenters. The second kappa shape index (κ2) is 5.90. The van der Waals surface area contributed by atoms with Crippen LogP contribution in [0, 0.1) is 24.2 Å². The van der Waals surface area contributed by atoms with Crippen molar-refractivity contribution in [1.29, 1.82) is 5.26 Å². The average molecular weight is 270 g/mol. The summed E-state index contributed by atoms with van der Waals surface area (Å²) in [5.41, 5.74) is 2.78. The van der Waals surface area contributed by atoms with Crippen LogP contribution in [0.25, 0.3) is 0 Å². The zero-order chi connectivity index (χ0) is 13.8. The Morgan fingerprint density at radius 2 is 2.00 bits per heavy atom. The summed E-state index contributed by atoms with van der Waals surface area (Å²) < 4.78 is 0. The lowest BCUT2D eigenvalue weighted by molar-refractivity contribution is 0.553. The molecule has 3 heteroatoms. The number of nitrogens with one attached hydrogen (secondary N) is 1. The number of aryl methyl sites for hydroxylation is 1. The fourth-order valence-electron chi connectivity index (χ4n) is 2.14. The standard InChI is InChI=1S/C16H18N2S/c1-11(2)15(14-8-5-9-19-14)18-16-12(3)6-4-7-13(16)10-17/h4-9,11,15,18H,1-3H3. The van der Waals surface area contributed by atoms with Gasteiger partial charge < -0.3 is 5.32 Å². The summed E-state index contributed by atoms with van der Waals surface area (Å²) in [6.45, 7) is 6.43.